The molecule has 1 heterocycles. The zero-order valence-electron chi connectivity index (χ0n) is 13.1. The fourth-order valence-electron chi connectivity index (χ4n) is 3.06. The quantitative estimate of drug-likeness (QED) is 0.845. The number of hydrogen-bond acceptors (Lipinski definition) is 3. The van der Waals surface area contributed by atoms with E-state index in [-0.39, 0.29) is 5.91 Å². The molecule has 1 amide bonds. The molecule has 4 nitrogen and oxygen atoms in total. The Balaban J connectivity index is 1.80. The molecular weight excluding hydrogens is 262 g/mol. The first-order valence-electron chi connectivity index (χ1n) is 7.99. The van der Waals surface area contributed by atoms with E-state index in [1.807, 2.05) is 30.3 Å². The maximum absolute atomic E-state index is 12.1. The van der Waals surface area contributed by atoms with Crippen molar-refractivity contribution in [2.75, 3.05) is 31.5 Å². The van der Waals surface area contributed by atoms with Gasteiger partial charge in [0.05, 0.1) is 6.54 Å². The maximum Gasteiger partial charge on any atom is 0.238 e. The summed E-state index contributed by atoms with van der Waals surface area (Å²) in [5.74, 6) is 0.723. The van der Waals surface area contributed by atoms with E-state index in [2.05, 4.69) is 29.4 Å². The molecule has 2 atom stereocenters. The van der Waals surface area contributed by atoms with E-state index in [0.717, 1.165) is 25.3 Å². The Morgan fingerprint density at radius 3 is 2.86 bits per heavy atom. The van der Waals surface area contributed by atoms with Crippen molar-refractivity contribution < 1.29 is 4.79 Å². The first kappa shape index (κ1) is 16.0. The first-order chi connectivity index (χ1) is 10.2. The van der Waals surface area contributed by atoms with Crippen molar-refractivity contribution in [1.82, 2.24) is 10.2 Å². The molecule has 116 valence electrons. The van der Waals surface area contributed by atoms with Gasteiger partial charge in [0.2, 0.25) is 5.91 Å². The minimum atomic E-state index is 0.0814. The number of likely N-dealkylation sites (tertiary alicyclic amines) is 1. The summed E-state index contributed by atoms with van der Waals surface area (Å²) in [5, 5.41) is 6.46. The van der Waals surface area contributed by atoms with Crippen LogP contribution in [0, 0.1) is 5.92 Å². The molecule has 2 unspecified atom stereocenters. The number of carbonyl (C=O) groups excluding carboxylic acids is 1. The lowest BCUT2D eigenvalue weighted by Crippen LogP contribution is -2.46. The second kappa shape index (κ2) is 8.15. The smallest absolute Gasteiger partial charge is 0.238 e. The summed E-state index contributed by atoms with van der Waals surface area (Å²) in [7, 11) is 0. The molecule has 1 saturated heterocycles. The molecule has 1 fully saturated rings. The van der Waals surface area contributed by atoms with Crippen molar-refractivity contribution in [1.29, 1.82) is 0 Å². The van der Waals surface area contributed by atoms with Crippen molar-refractivity contribution in [3.63, 3.8) is 0 Å². The maximum atomic E-state index is 12.1. The Kier molecular flexibility index (Phi) is 6.21. The largest absolute Gasteiger partial charge is 0.325 e. The van der Waals surface area contributed by atoms with Gasteiger partial charge >= 0.3 is 0 Å². The van der Waals surface area contributed by atoms with Crippen LogP contribution in [0.5, 0.6) is 0 Å². The molecule has 2 rings (SSSR count). The lowest BCUT2D eigenvalue weighted by Gasteiger charge is -2.35. The van der Waals surface area contributed by atoms with Crippen molar-refractivity contribution in [2.45, 2.75) is 32.7 Å². The average Bonchev–Trinajstić information content (AvgIpc) is 2.48. The number of amides is 1. The Labute approximate surface area is 127 Å². The first-order valence-corrected chi connectivity index (χ1v) is 7.99. The van der Waals surface area contributed by atoms with Gasteiger partial charge in [-0.15, -0.1) is 0 Å². The number of anilines is 1. The van der Waals surface area contributed by atoms with Gasteiger partial charge in [-0.05, 0) is 50.9 Å². The highest BCUT2D eigenvalue weighted by molar-refractivity contribution is 5.92. The van der Waals surface area contributed by atoms with E-state index < -0.39 is 0 Å². The third-order valence-electron chi connectivity index (χ3n) is 4.20. The average molecular weight is 289 g/mol. The van der Waals surface area contributed by atoms with Gasteiger partial charge in [-0.1, -0.05) is 25.1 Å². The zero-order chi connectivity index (χ0) is 15.1. The molecule has 0 aliphatic carbocycles. The third kappa shape index (κ3) is 5.14. The number of benzene rings is 1. The van der Waals surface area contributed by atoms with Crippen LogP contribution >= 0.6 is 0 Å². The summed E-state index contributed by atoms with van der Waals surface area (Å²) < 4.78 is 0. The normalized spacial score (nSPS) is 21.0. The number of carbonyl (C=O) groups is 1. The molecule has 1 aliphatic heterocycles. The van der Waals surface area contributed by atoms with Crippen molar-refractivity contribution in [3.05, 3.63) is 30.3 Å². The van der Waals surface area contributed by atoms with Gasteiger partial charge in [-0.25, -0.2) is 0 Å². The van der Waals surface area contributed by atoms with Crippen molar-refractivity contribution in [3.8, 4) is 0 Å². The van der Waals surface area contributed by atoms with Crippen molar-refractivity contribution in [2.24, 2.45) is 5.92 Å². The molecule has 0 aromatic heterocycles. The molecule has 0 spiro atoms. The minimum absolute atomic E-state index is 0.0814. The van der Waals surface area contributed by atoms with Crippen LogP contribution in [0.15, 0.2) is 30.3 Å². The Bertz CT molecular complexity index is 435. The van der Waals surface area contributed by atoms with E-state index in [0.29, 0.717) is 18.5 Å². The molecule has 0 bridgehead atoms. The molecule has 0 radical (unpaired) electrons. The number of rotatable bonds is 6. The second-order valence-corrected chi connectivity index (χ2v) is 5.90. The fraction of sp³-hybridized carbons (Fsp3) is 0.588. The van der Waals surface area contributed by atoms with E-state index in [4.69, 9.17) is 0 Å². The lowest BCUT2D eigenvalue weighted by molar-refractivity contribution is -0.117. The monoisotopic (exact) mass is 289 g/mol. The van der Waals surface area contributed by atoms with Crippen LogP contribution in [0.2, 0.25) is 0 Å². The summed E-state index contributed by atoms with van der Waals surface area (Å²) >= 11 is 0. The zero-order valence-corrected chi connectivity index (χ0v) is 13.1. The van der Waals surface area contributed by atoms with Gasteiger partial charge < -0.3 is 10.6 Å². The van der Waals surface area contributed by atoms with Crippen LogP contribution in [-0.4, -0.2) is 43.0 Å². The minimum Gasteiger partial charge on any atom is -0.325 e. The summed E-state index contributed by atoms with van der Waals surface area (Å²) in [6.07, 6.45) is 2.43. The van der Waals surface area contributed by atoms with Crippen LogP contribution < -0.4 is 10.6 Å². The highest BCUT2D eigenvalue weighted by atomic mass is 16.2. The van der Waals surface area contributed by atoms with Gasteiger partial charge in [0, 0.05) is 18.3 Å². The van der Waals surface area contributed by atoms with Gasteiger partial charge in [0.25, 0.3) is 0 Å². The van der Waals surface area contributed by atoms with E-state index >= 15 is 0 Å². The Morgan fingerprint density at radius 2 is 2.14 bits per heavy atom. The fourth-order valence-corrected chi connectivity index (χ4v) is 3.06. The molecule has 1 aromatic carbocycles. The van der Waals surface area contributed by atoms with Gasteiger partial charge in [0.15, 0.2) is 0 Å². The van der Waals surface area contributed by atoms with Crippen LogP contribution in [0.3, 0.4) is 0 Å². The number of hydrogen-bond donors (Lipinski definition) is 2. The summed E-state index contributed by atoms with van der Waals surface area (Å²) in [5.41, 5.74) is 0.872. The number of nitrogens with one attached hydrogen (secondary N) is 2. The summed E-state index contributed by atoms with van der Waals surface area (Å²) in [6, 6.07) is 10.2. The molecule has 4 heteroatoms. The highest BCUT2D eigenvalue weighted by Gasteiger charge is 2.25. The molecule has 1 aliphatic rings. The molecular formula is C17H27N3O. The molecule has 2 N–H and O–H groups in total. The van der Waals surface area contributed by atoms with Crippen LogP contribution in [0.4, 0.5) is 5.69 Å². The van der Waals surface area contributed by atoms with Crippen molar-refractivity contribution >= 4 is 11.6 Å². The standard InChI is InChI=1S/C17H27N3O/c1-3-18-14(2)15-8-7-11-20(12-15)13-17(21)19-16-9-5-4-6-10-16/h4-6,9-10,14-15,18H,3,7-8,11-13H2,1-2H3,(H,19,21). The highest BCUT2D eigenvalue weighted by Crippen LogP contribution is 2.19. The number of piperidine rings is 1. The predicted molar refractivity (Wildman–Crippen MR) is 87.4 cm³/mol. The lowest BCUT2D eigenvalue weighted by atomic mass is 9.91. The number of para-hydroxylation sites is 1. The number of nitrogens with zero attached hydrogens (tertiary/aromatic N) is 1. The summed E-state index contributed by atoms with van der Waals surface area (Å²) in [6.45, 7) is 7.93. The van der Waals surface area contributed by atoms with E-state index in [1.165, 1.54) is 12.8 Å². The van der Waals surface area contributed by atoms with Gasteiger partial charge in [-0.2, -0.15) is 0 Å². The van der Waals surface area contributed by atoms with Gasteiger partial charge in [0.1, 0.15) is 0 Å². The van der Waals surface area contributed by atoms with Crippen LogP contribution in [0.1, 0.15) is 26.7 Å². The summed E-state index contributed by atoms with van der Waals surface area (Å²) in [4.78, 5) is 14.4. The van der Waals surface area contributed by atoms with Crippen LogP contribution in [0.25, 0.3) is 0 Å². The van der Waals surface area contributed by atoms with Crippen LogP contribution in [-0.2, 0) is 4.79 Å². The molecule has 1 aromatic rings. The Hall–Kier alpha value is -1.39. The van der Waals surface area contributed by atoms with Gasteiger partial charge in [-0.3, -0.25) is 9.69 Å². The SMILES string of the molecule is CCNC(C)C1CCCN(CC(=O)Nc2ccccc2)C1. The van der Waals surface area contributed by atoms with E-state index in [1.54, 1.807) is 0 Å². The molecule has 21 heavy (non-hydrogen) atoms. The second-order valence-electron chi connectivity index (χ2n) is 5.90. The van der Waals surface area contributed by atoms with E-state index in [9.17, 15) is 4.79 Å². The topological polar surface area (TPSA) is 44.4 Å². The molecule has 0 saturated carbocycles. The predicted octanol–water partition coefficient (Wildman–Crippen LogP) is 2.34. The Morgan fingerprint density at radius 1 is 1.38 bits per heavy atom. The third-order valence-corrected chi connectivity index (χ3v) is 4.20.